The van der Waals surface area contributed by atoms with Gasteiger partial charge in [0.15, 0.2) is 0 Å². The Labute approximate surface area is 125 Å². The van der Waals surface area contributed by atoms with Crippen molar-refractivity contribution in [1.29, 1.82) is 0 Å². The Hall–Kier alpha value is -2.22. The second-order valence-electron chi connectivity index (χ2n) is 4.43. The normalized spacial score (nSPS) is 10.6. The fourth-order valence-electron chi connectivity index (χ4n) is 2.09. The Morgan fingerprint density at radius 3 is 2.71 bits per heavy atom. The van der Waals surface area contributed by atoms with E-state index in [1.165, 1.54) is 6.33 Å². The van der Waals surface area contributed by atoms with E-state index in [4.69, 9.17) is 0 Å². The number of amides is 1. The van der Waals surface area contributed by atoms with E-state index in [2.05, 4.69) is 15.3 Å². The number of hydrogen-bond donors (Lipinski definition) is 2. The van der Waals surface area contributed by atoms with Crippen LogP contribution in [0.1, 0.15) is 22.2 Å². The molecule has 0 atom stereocenters. The fourth-order valence-corrected chi connectivity index (χ4v) is 3.07. The van der Waals surface area contributed by atoms with Crippen molar-refractivity contribution in [2.75, 3.05) is 25.0 Å². The van der Waals surface area contributed by atoms with Crippen LogP contribution in [-0.4, -0.2) is 47.1 Å². The minimum atomic E-state index is -0.976. The monoisotopic (exact) mass is 308 g/mol. The second kappa shape index (κ2) is 6.04. The highest BCUT2D eigenvalue weighted by Crippen LogP contribution is 2.34. The highest BCUT2D eigenvalue weighted by molar-refractivity contribution is 7.20. The topological polar surface area (TPSA) is 95.4 Å². The van der Waals surface area contributed by atoms with Crippen molar-refractivity contribution in [2.45, 2.75) is 13.8 Å². The molecule has 2 rings (SSSR count). The lowest BCUT2D eigenvalue weighted by atomic mass is 10.2. The number of thiophene rings is 1. The van der Waals surface area contributed by atoms with Gasteiger partial charge in [0, 0.05) is 13.6 Å². The summed E-state index contributed by atoms with van der Waals surface area (Å²) in [5.41, 5.74) is 0.633. The number of hydrogen-bond acceptors (Lipinski definition) is 6. The van der Waals surface area contributed by atoms with E-state index in [9.17, 15) is 14.7 Å². The fraction of sp³-hybridized carbons (Fsp3) is 0.385. The molecule has 2 N–H and O–H groups in total. The van der Waals surface area contributed by atoms with E-state index >= 15 is 0 Å². The van der Waals surface area contributed by atoms with Crippen LogP contribution in [-0.2, 0) is 4.79 Å². The predicted octanol–water partition coefficient (Wildman–Crippen LogP) is 1.27. The molecule has 21 heavy (non-hydrogen) atoms. The lowest BCUT2D eigenvalue weighted by Gasteiger charge is -2.21. The molecule has 0 aliphatic heterocycles. The lowest BCUT2D eigenvalue weighted by molar-refractivity contribution is -0.119. The molecular weight excluding hydrogens is 292 g/mol. The van der Waals surface area contributed by atoms with Crippen LogP contribution in [0.3, 0.4) is 0 Å². The zero-order valence-electron chi connectivity index (χ0n) is 12.0. The van der Waals surface area contributed by atoms with Gasteiger partial charge < -0.3 is 15.3 Å². The highest BCUT2D eigenvalue weighted by atomic mass is 32.1. The number of nitrogens with zero attached hydrogens (tertiary/aromatic N) is 3. The van der Waals surface area contributed by atoms with Crippen LogP contribution in [0.4, 0.5) is 5.82 Å². The molecule has 0 saturated carbocycles. The molecule has 112 valence electrons. The first-order valence-corrected chi connectivity index (χ1v) is 7.24. The minimum Gasteiger partial charge on any atom is -0.477 e. The van der Waals surface area contributed by atoms with Crippen molar-refractivity contribution in [2.24, 2.45) is 0 Å². The molecular formula is C13H16N4O3S. The maximum atomic E-state index is 11.6. The number of aryl methyl sites for hydroxylation is 1. The van der Waals surface area contributed by atoms with Crippen molar-refractivity contribution in [1.82, 2.24) is 15.3 Å². The summed E-state index contributed by atoms with van der Waals surface area (Å²) < 4.78 is 0. The van der Waals surface area contributed by atoms with Crippen LogP contribution in [0.15, 0.2) is 6.33 Å². The summed E-state index contributed by atoms with van der Waals surface area (Å²) in [4.78, 5) is 33.9. The zero-order chi connectivity index (χ0) is 15.6. The lowest BCUT2D eigenvalue weighted by Crippen LogP contribution is -2.36. The van der Waals surface area contributed by atoms with Crippen molar-refractivity contribution in [3.8, 4) is 0 Å². The molecule has 0 saturated heterocycles. The number of anilines is 1. The highest BCUT2D eigenvalue weighted by Gasteiger charge is 2.21. The molecule has 0 fully saturated rings. The van der Waals surface area contributed by atoms with Crippen LogP contribution in [0.25, 0.3) is 10.2 Å². The van der Waals surface area contributed by atoms with Gasteiger partial charge in [0.2, 0.25) is 5.91 Å². The summed E-state index contributed by atoms with van der Waals surface area (Å²) in [5, 5.41) is 12.5. The number of carbonyl (C=O) groups is 2. The predicted molar refractivity (Wildman–Crippen MR) is 81.1 cm³/mol. The number of carboxylic acids is 1. The Morgan fingerprint density at radius 1 is 1.43 bits per heavy atom. The van der Waals surface area contributed by atoms with E-state index in [1.807, 2.05) is 6.92 Å². The maximum absolute atomic E-state index is 11.6. The summed E-state index contributed by atoms with van der Waals surface area (Å²) in [5.74, 6) is -0.516. The average Bonchev–Trinajstić information content (AvgIpc) is 2.82. The average molecular weight is 308 g/mol. The summed E-state index contributed by atoms with van der Waals surface area (Å²) in [6.45, 7) is 4.40. The third-order valence-electron chi connectivity index (χ3n) is 3.20. The SMILES string of the molecule is CCN(CC(=O)NC)c1ncnc2sc(C(=O)O)c(C)c12. The van der Waals surface area contributed by atoms with Gasteiger partial charge in [-0.05, 0) is 19.4 Å². The van der Waals surface area contributed by atoms with Crippen LogP contribution < -0.4 is 10.2 Å². The molecule has 7 nitrogen and oxygen atoms in total. The smallest absolute Gasteiger partial charge is 0.346 e. The summed E-state index contributed by atoms with van der Waals surface area (Å²) in [6, 6.07) is 0. The first-order chi connectivity index (χ1) is 9.99. The molecule has 2 aromatic rings. The van der Waals surface area contributed by atoms with Crippen LogP contribution in [0.5, 0.6) is 0 Å². The Morgan fingerprint density at radius 2 is 2.14 bits per heavy atom. The Kier molecular flexibility index (Phi) is 4.37. The molecule has 2 heterocycles. The third-order valence-corrected chi connectivity index (χ3v) is 4.38. The van der Waals surface area contributed by atoms with Crippen molar-refractivity contribution < 1.29 is 14.7 Å². The van der Waals surface area contributed by atoms with Crippen molar-refractivity contribution in [3.63, 3.8) is 0 Å². The van der Waals surface area contributed by atoms with Crippen LogP contribution in [0, 0.1) is 6.92 Å². The van der Waals surface area contributed by atoms with Gasteiger partial charge in [-0.15, -0.1) is 11.3 Å². The number of fused-ring (bicyclic) bond motifs is 1. The van der Waals surface area contributed by atoms with Gasteiger partial charge in [-0.2, -0.15) is 0 Å². The number of nitrogens with one attached hydrogen (secondary N) is 1. The number of carboxylic acid groups (broad SMARTS) is 1. The minimum absolute atomic E-state index is 0.130. The maximum Gasteiger partial charge on any atom is 0.346 e. The summed E-state index contributed by atoms with van der Waals surface area (Å²) in [6.07, 6.45) is 1.39. The molecule has 0 radical (unpaired) electrons. The molecule has 2 aromatic heterocycles. The molecule has 0 aliphatic carbocycles. The van der Waals surface area contributed by atoms with Gasteiger partial charge in [-0.1, -0.05) is 0 Å². The van der Waals surface area contributed by atoms with Crippen molar-refractivity contribution in [3.05, 3.63) is 16.8 Å². The molecule has 0 bridgehead atoms. The standard InChI is InChI=1S/C13H16N4O3S/c1-4-17(5-8(18)14-3)11-9-7(2)10(13(19)20)21-12(9)16-6-15-11/h6H,4-5H2,1-3H3,(H,14,18)(H,19,20). The first kappa shape index (κ1) is 15.2. The third kappa shape index (κ3) is 2.80. The Balaban J connectivity index is 2.57. The van der Waals surface area contributed by atoms with E-state index in [0.717, 1.165) is 11.3 Å². The van der Waals surface area contributed by atoms with Crippen LogP contribution >= 0.6 is 11.3 Å². The van der Waals surface area contributed by atoms with Gasteiger partial charge in [-0.3, -0.25) is 4.79 Å². The van der Waals surface area contributed by atoms with Crippen LogP contribution in [0.2, 0.25) is 0 Å². The molecule has 0 spiro atoms. The van der Waals surface area contributed by atoms with Gasteiger partial charge >= 0.3 is 5.97 Å². The Bertz CT molecular complexity index is 698. The van der Waals surface area contributed by atoms with Gasteiger partial charge in [0.1, 0.15) is 21.9 Å². The zero-order valence-corrected chi connectivity index (χ0v) is 12.8. The van der Waals surface area contributed by atoms with E-state index < -0.39 is 5.97 Å². The van der Waals surface area contributed by atoms with Gasteiger partial charge in [0.25, 0.3) is 0 Å². The second-order valence-corrected chi connectivity index (χ2v) is 5.43. The summed E-state index contributed by atoms with van der Waals surface area (Å²) in [7, 11) is 1.57. The molecule has 1 amide bonds. The number of likely N-dealkylation sites (N-methyl/N-ethyl adjacent to an activating group) is 2. The van der Waals surface area contributed by atoms with Gasteiger partial charge in [-0.25, -0.2) is 14.8 Å². The molecule has 8 heteroatoms. The van der Waals surface area contributed by atoms with Crippen molar-refractivity contribution >= 4 is 39.2 Å². The number of rotatable bonds is 5. The molecule has 0 aliphatic rings. The first-order valence-electron chi connectivity index (χ1n) is 6.42. The molecule has 0 aromatic carbocycles. The quantitative estimate of drug-likeness (QED) is 0.863. The number of aromatic carboxylic acids is 1. The number of carbonyl (C=O) groups excluding carboxylic acids is 1. The molecule has 0 unspecified atom stereocenters. The van der Waals surface area contributed by atoms with E-state index in [1.54, 1.807) is 18.9 Å². The largest absolute Gasteiger partial charge is 0.477 e. The van der Waals surface area contributed by atoms with Gasteiger partial charge in [0.05, 0.1) is 11.9 Å². The van der Waals surface area contributed by atoms with E-state index in [0.29, 0.717) is 28.1 Å². The summed E-state index contributed by atoms with van der Waals surface area (Å²) >= 11 is 1.12. The van der Waals surface area contributed by atoms with E-state index in [-0.39, 0.29) is 17.3 Å². The number of aromatic nitrogens is 2.